The van der Waals surface area contributed by atoms with Crippen LogP contribution in [0.15, 0.2) is 28.0 Å². The Labute approximate surface area is 156 Å². The lowest BCUT2D eigenvalue weighted by atomic mass is 10.1. The number of nitrogens with two attached hydrogens (primary N) is 1. The number of hydrogen-bond donors (Lipinski definition) is 1. The number of furan rings is 1. The first-order chi connectivity index (χ1) is 12.2. The number of aromatic nitrogens is 3. The van der Waals surface area contributed by atoms with Crippen LogP contribution in [0.5, 0.6) is 0 Å². The van der Waals surface area contributed by atoms with E-state index in [4.69, 9.17) is 21.8 Å². The number of rotatable bonds is 4. The molecule has 1 atom stereocenters. The predicted molar refractivity (Wildman–Crippen MR) is 94.1 cm³/mol. The number of halogens is 4. The van der Waals surface area contributed by atoms with Crippen LogP contribution in [-0.4, -0.2) is 15.0 Å². The van der Waals surface area contributed by atoms with Gasteiger partial charge in [0.2, 0.25) is 0 Å². The van der Waals surface area contributed by atoms with Gasteiger partial charge in [-0.25, -0.2) is 15.0 Å². The van der Waals surface area contributed by atoms with Gasteiger partial charge in [-0.1, -0.05) is 30.3 Å². The second-order valence-electron chi connectivity index (χ2n) is 5.55. The quantitative estimate of drug-likeness (QED) is 0.363. The molecule has 0 aliphatic heterocycles. The minimum Gasteiger partial charge on any atom is -0.461 e. The zero-order valence-corrected chi connectivity index (χ0v) is 15.3. The van der Waals surface area contributed by atoms with E-state index in [9.17, 15) is 13.2 Å². The van der Waals surface area contributed by atoms with E-state index in [0.717, 1.165) is 29.1 Å². The van der Waals surface area contributed by atoms with Crippen molar-refractivity contribution in [1.82, 2.24) is 15.0 Å². The molecule has 3 heterocycles. The van der Waals surface area contributed by atoms with Crippen LogP contribution in [0.3, 0.4) is 0 Å². The summed E-state index contributed by atoms with van der Waals surface area (Å²) in [7, 11) is 0. The number of nitrogen functional groups attached to an aromatic ring is 1. The second kappa shape index (κ2) is 6.96. The van der Waals surface area contributed by atoms with Crippen molar-refractivity contribution in [2.24, 2.45) is 0 Å². The molecule has 0 aliphatic rings. The number of hydrogen-bond acceptors (Lipinski definition) is 6. The highest BCUT2D eigenvalue weighted by atomic mass is 35.5. The van der Waals surface area contributed by atoms with Crippen molar-refractivity contribution in [3.05, 3.63) is 40.5 Å². The third kappa shape index (κ3) is 3.73. The molecule has 0 amide bonds. The summed E-state index contributed by atoms with van der Waals surface area (Å²) in [6.07, 6.45) is -2.22. The SMILES string of the molecule is CCc1coc2c(Cl)nc(C(C)Sc3nc(N)cc(C(F)(F)F)n3)cc12. The van der Waals surface area contributed by atoms with Gasteiger partial charge in [-0.3, -0.25) is 0 Å². The fraction of sp³-hybridized carbons (Fsp3) is 0.312. The Kier molecular flexibility index (Phi) is 5.03. The molecule has 1 unspecified atom stereocenters. The lowest BCUT2D eigenvalue weighted by Crippen LogP contribution is -2.11. The number of alkyl halides is 3. The Morgan fingerprint density at radius 1 is 1.27 bits per heavy atom. The maximum absolute atomic E-state index is 12.9. The molecule has 0 bridgehead atoms. The van der Waals surface area contributed by atoms with Crippen LogP contribution in [0.4, 0.5) is 19.0 Å². The molecule has 0 saturated carbocycles. The number of pyridine rings is 1. The first kappa shape index (κ1) is 18.8. The van der Waals surface area contributed by atoms with E-state index >= 15 is 0 Å². The topological polar surface area (TPSA) is 77.8 Å². The van der Waals surface area contributed by atoms with Crippen molar-refractivity contribution in [2.45, 2.75) is 36.9 Å². The normalized spacial score (nSPS) is 13.3. The highest BCUT2D eigenvalue weighted by Crippen LogP contribution is 2.37. The van der Waals surface area contributed by atoms with Gasteiger partial charge in [-0.05, 0) is 25.0 Å². The first-order valence-corrected chi connectivity index (χ1v) is 8.89. The molecule has 10 heteroatoms. The standard InChI is InChI=1S/C16H14ClF3N4OS/c1-3-8-6-25-13-9(8)4-10(22-14(13)17)7(2)26-15-23-11(16(18,19)20)5-12(21)24-15/h4-7H,3H2,1-2H3,(H2,21,23,24). The summed E-state index contributed by atoms with van der Waals surface area (Å²) in [5, 5.41) is 0.610. The molecule has 3 rings (SSSR count). The van der Waals surface area contributed by atoms with Gasteiger partial charge in [0, 0.05) is 11.5 Å². The van der Waals surface area contributed by atoms with E-state index in [2.05, 4.69) is 15.0 Å². The van der Waals surface area contributed by atoms with Crippen molar-refractivity contribution in [3.8, 4) is 0 Å². The van der Waals surface area contributed by atoms with Gasteiger partial charge in [0.1, 0.15) is 5.82 Å². The number of anilines is 1. The Morgan fingerprint density at radius 2 is 2.00 bits per heavy atom. The lowest BCUT2D eigenvalue weighted by molar-refractivity contribution is -0.141. The van der Waals surface area contributed by atoms with Crippen molar-refractivity contribution in [1.29, 1.82) is 0 Å². The maximum atomic E-state index is 12.9. The van der Waals surface area contributed by atoms with Crippen molar-refractivity contribution < 1.29 is 17.6 Å². The molecule has 3 aromatic rings. The largest absolute Gasteiger partial charge is 0.461 e. The number of aryl methyl sites for hydroxylation is 1. The third-order valence-corrected chi connectivity index (χ3v) is 4.96. The molecule has 0 aliphatic carbocycles. The number of nitrogens with zero attached hydrogens (tertiary/aromatic N) is 3. The van der Waals surface area contributed by atoms with Gasteiger partial charge < -0.3 is 10.2 Å². The number of fused-ring (bicyclic) bond motifs is 1. The molecular weight excluding hydrogens is 389 g/mol. The van der Waals surface area contributed by atoms with E-state index in [1.165, 1.54) is 0 Å². The summed E-state index contributed by atoms with van der Waals surface area (Å²) >= 11 is 7.20. The van der Waals surface area contributed by atoms with Crippen LogP contribution in [0, 0.1) is 0 Å². The Bertz CT molecular complexity index is 961. The summed E-state index contributed by atoms with van der Waals surface area (Å²) in [4.78, 5) is 11.7. The fourth-order valence-corrected chi connectivity index (χ4v) is 3.52. The summed E-state index contributed by atoms with van der Waals surface area (Å²) in [5.74, 6) is -0.244. The molecule has 3 aromatic heterocycles. The van der Waals surface area contributed by atoms with Crippen molar-refractivity contribution in [3.63, 3.8) is 0 Å². The van der Waals surface area contributed by atoms with Crippen molar-refractivity contribution in [2.75, 3.05) is 5.73 Å². The van der Waals surface area contributed by atoms with Crippen LogP contribution in [0.1, 0.15) is 36.0 Å². The lowest BCUT2D eigenvalue weighted by Gasteiger charge is -2.12. The van der Waals surface area contributed by atoms with Crippen LogP contribution < -0.4 is 5.73 Å². The highest BCUT2D eigenvalue weighted by Gasteiger charge is 2.33. The smallest absolute Gasteiger partial charge is 0.433 e. The summed E-state index contributed by atoms with van der Waals surface area (Å²) in [6, 6.07) is 2.52. The van der Waals surface area contributed by atoms with E-state index in [0.29, 0.717) is 17.3 Å². The molecule has 0 aromatic carbocycles. The van der Waals surface area contributed by atoms with Gasteiger partial charge in [0.25, 0.3) is 0 Å². The molecule has 0 spiro atoms. The second-order valence-corrected chi connectivity index (χ2v) is 7.21. The molecule has 5 nitrogen and oxygen atoms in total. The zero-order chi connectivity index (χ0) is 19.1. The van der Waals surface area contributed by atoms with E-state index in [1.54, 1.807) is 13.2 Å². The Balaban J connectivity index is 1.94. The van der Waals surface area contributed by atoms with Crippen LogP contribution in [0.25, 0.3) is 11.0 Å². The first-order valence-electron chi connectivity index (χ1n) is 7.64. The molecule has 26 heavy (non-hydrogen) atoms. The van der Waals surface area contributed by atoms with Gasteiger partial charge in [0.05, 0.1) is 17.2 Å². The molecule has 0 fully saturated rings. The van der Waals surface area contributed by atoms with Crippen LogP contribution in [0.2, 0.25) is 5.15 Å². The Hall–Kier alpha value is -2.00. The van der Waals surface area contributed by atoms with Gasteiger partial charge in [-0.15, -0.1) is 0 Å². The average molecular weight is 403 g/mol. The van der Waals surface area contributed by atoms with Crippen LogP contribution in [-0.2, 0) is 12.6 Å². The van der Waals surface area contributed by atoms with E-state index in [-0.39, 0.29) is 21.4 Å². The van der Waals surface area contributed by atoms with E-state index in [1.807, 2.05) is 13.0 Å². The van der Waals surface area contributed by atoms with Gasteiger partial charge in [0.15, 0.2) is 21.6 Å². The summed E-state index contributed by atoms with van der Waals surface area (Å²) < 4.78 is 44.1. The van der Waals surface area contributed by atoms with E-state index < -0.39 is 11.9 Å². The third-order valence-electron chi connectivity index (χ3n) is 3.71. The maximum Gasteiger partial charge on any atom is 0.433 e. The molecule has 2 N–H and O–H groups in total. The molecular formula is C16H14ClF3N4OS. The molecule has 0 saturated heterocycles. The van der Waals surface area contributed by atoms with Gasteiger partial charge in [-0.2, -0.15) is 13.2 Å². The molecule has 0 radical (unpaired) electrons. The average Bonchev–Trinajstić information content (AvgIpc) is 2.97. The number of thioether (sulfide) groups is 1. The zero-order valence-electron chi connectivity index (χ0n) is 13.8. The predicted octanol–water partition coefficient (Wildman–Crippen LogP) is 5.29. The highest BCUT2D eigenvalue weighted by molar-refractivity contribution is 7.99. The molecule has 138 valence electrons. The summed E-state index contributed by atoms with van der Waals surface area (Å²) in [6.45, 7) is 3.76. The fourth-order valence-electron chi connectivity index (χ4n) is 2.41. The minimum atomic E-state index is -4.59. The van der Waals surface area contributed by atoms with Crippen molar-refractivity contribution >= 4 is 40.1 Å². The van der Waals surface area contributed by atoms with Crippen LogP contribution >= 0.6 is 23.4 Å². The monoisotopic (exact) mass is 402 g/mol. The summed E-state index contributed by atoms with van der Waals surface area (Å²) in [5.41, 5.74) is 6.45. The van der Waals surface area contributed by atoms with Gasteiger partial charge >= 0.3 is 6.18 Å². The minimum absolute atomic E-state index is 0.0780. The Morgan fingerprint density at radius 3 is 2.65 bits per heavy atom.